The minimum atomic E-state index is -0.620. The summed E-state index contributed by atoms with van der Waals surface area (Å²) in [5.41, 5.74) is 1.51. The van der Waals surface area contributed by atoms with Crippen LogP contribution in [-0.2, 0) is 5.60 Å². The zero-order valence-corrected chi connectivity index (χ0v) is 10.2. The van der Waals surface area contributed by atoms with Crippen LogP contribution in [0.5, 0.6) is 0 Å². The van der Waals surface area contributed by atoms with Gasteiger partial charge in [-0.05, 0) is 44.1 Å². The van der Waals surface area contributed by atoms with Crippen molar-refractivity contribution in [1.82, 2.24) is 4.98 Å². The molecule has 1 aromatic rings. The summed E-state index contributed by atoms with van der Waals surface area (Å²) in [5, 5.41) is 10.6. The van der Waals surface area contributed by atoms with E-state index in [1.54, 1.807) is 0 Å². The molecule has 0 aromatic carbocycles. The van der Waals surface area contributed by atoms with Crippen molar-refractivity contribution in [2.24, 2.45) is 5.92 Å². The summed E-state index contributed by atoms with van der Waals surface area (Å²) in [7, 11) is 0. The number of rotatable bonds is 2. The molecule has 0 unspecified atom stereocenters. The molecule has 0 spiro atoms. The minimum absolute atomic E-state index is 0.620. The monoisotopic (exact) mass is 219 g/mol. The second-order valence-electron chi connectivity index (χ2n) is 5.13. The fourth-order valence-electron chi connectivity index (χ4n) is 2.66. The van der Waals surface area contributed by atoms with Gasteiger partial charge in [0.1, 0.15) is 0 Å². The Morgan fingerprint density at radius 1 is 1.38 bits per heavy atom. The number of aryl methyl sites for hydroxylation is 1. The maximum absolute atomic E-state index is 10.6. The zero-order chi connectivity index (χ0) is 11.6. The largest absolute Gasteiger partial charge is 0.385 e. The summed E-state index contributed by atoms with van der Waals surface area (Å²) in [6.45, 7) is 4.26. The standard InChI is InChI=1S/C14H21NO/c1-3-12-4-6-14(16,7-5-12)13-8-11(2)9-15-10-13/h8-10,12,16H,3-7H2,1-2H3. The molecule has 0 amide bonds. The van der Waals surface area contributed by atoms with Gasteiger partial charge in [-0.25, -0.2) is 0 Å². The highest BCUT2D eigenvalue weighted by atomic mass is 16.3. The lowest BCUT2D eigenvalue weighted by Gasteiger charge is -2.36. The van der Waals surface area contributed by atoms with Crippen LogP contribution in [-0.4, -0.2) is 10.1 Å². The third-order valence-electron chi connectivity index (χ3n) is 3.92. The Morgan fingerprint density at radius 2 is 2.06 bits per heavy atom. The number of aromatic nitrogens is 1. The lowest BCUT2D eigenvalue weighted by molar-refractivity contribution is -0.0149. The molecule has 1 aliphatic carbocycles. The van der Waals surface area contributed by atoms with E-state index in [4.69, 9.17) is 0 Å². The Hall–Kier alpha value is -0.890. The van der Waals surface area contributed by atoms with Gasteiger partial charge in [0.25, 0.3) is 0 Å². The Bertz CT molecular complexity index is 354. The van der Waals surface area contributed by atoms with Crippen molar-refractivity contribution in [3.05, 3.63) is 29.6 Å². The average Bonchev–Trinajstić information content (AvgIpc) is 2.30. The topological polar surface area (TPSA) is 33.1 Å². The SMILES string of the molecule is CCC1CCC(O)(c2cncc(C)c2)CC1. The van der Waals surface area contributed by atoms with E-state index >= 15 is 0 Å². The number of hydrogen-bond acceptors (Lipinski definition) is 2. The van der Waals surface area contributed by atoms with Crippen molar-refractivity contribution in [1.29, 1.82) is 0 Å². The van der Waals surface area contributed by atoms with Crippen LogP contribution in [0.1, 0.15) is 50.2 Å². The molecular formula is C14H21NO. The average molecular weight is 219 g/mol. The van der Waals surface area contributed by atoms with Crippen LogP contribution >= 0.6 is 0 Å². The van der Waals surface area contributed by atoms with Gasteiger partial charge in [-0.15, -0.1) is 0 Å². The summed E-state index contributed by atoms with van der Waals surface area (Å²) in [6.07, 6.45) is 8.95. The quantitative estimate of drug-likeness (QED) is 0.828. The molecule has 1 aromatic heterocycles. The molecule has 0 atom stereocenters. The predicted molar refractivity (Wildman–Crippen MR) is 65.1 cm³/mol. The molecule has 16 heavy (non-hydrogen) atoms. The molecule has 0 aliphatic heterocycles. The first-order valence-corrected chi connectivity index (χ1v) is 6.28. The van der Waals surface area contributed by atoms with Gasteiger partial charge in [0, 0.05) is 18.0 Å². The van der Waals surface area contributed by atoms with Crippen molar-refractivity contribution >= 4 is 0 Å². The molecule has 0 bridgehead atoms. The molecule has 88 valence electrons. The number of nitrogens with zero attached hydrogens (tertiary/aromatic N) is 1. The van der Waals surface area contributed by atoms with Crippen LogP contribution in [0.25, 0.3) is 0 Å². The Labute approximate surface area is 97.7 Å². The molecule has 2 heteroatoms. The van der Waals surface area contributed by atoms with E-state index in [0.29, 0.717) is 0 Å². The van der Waals surface area contributed by atoms with E-state index in [2.05, 4.69) is 18.0 Å². The first-order chi connectivity index (χ1) is 7.64. The van der Waals surface area contributed by atoms with Crippen molar-refractivity contribution in [3.63, 3.8) is 0 Å². The minimum Gasteiger partial charge on any atom is -0.385 e. The number of aliphatic hydroxyl groups is 1. The first kappa shape index (κ1) is 11.6. The van der Waals surface area contributed by atoms with E-state index in [1.807, 2.05) is 19.3 Å². The van der Waals surface area contributed by atoms with Gasteiger partial charge < -0.3 is 5.11 Å². The van der Waals surface area contributed by atoms with Crippen LogP contribution < -0.4 is 0 Å². The van der Waals surface area contributed by atoms with Gasteiger partial charge in [0.2, 0.25) is 0 Å². The van der Waals surface area contributed by atoms with Gasteiger partial charge in [-0.1, -0.05) is 19.4 Å². The predicted octanol–water partition coefficient (Wildman–Crippen LogP) is 3.18. The van der Waals surface area contributed by atoms with Crippen LogP contribution in [0.15, 0.2) is 18.5 Å². The molecule has 1 heterocycles. The Kier molecular flexibility index (Phi) is 3.29. The maximum atomic E-state index is 10.6. The Morgan fingerprint density at radius 3 is 2.62 bits per heavy atom. The van der Waals surface area contributed by atoms with Gasteiger partial charge in [0.15, 0.2) is 0 Å². The van der Waals surface area contributed by atoms with Crippen LogP contribution in [0, 0.1) is 12.8 Å². The summed E-state index contributed by atoms with van der Waals surface area (Å²) < 4.78 is 0. The van der Waals surface area contributed by atoms with Crippen molar-refractivity contribution in [2.75, 3.05) is 0 Å². The van der Waals surface area contributed by atoms with Gasteiger partial charge in [-0.2, -0.15) is 0 Å². The van der Waals surface area contributed by atoms with E-state index in [9.17, 15) is 5.11 Å². The Balaban J connectivity index is 2.15. The lowest BCUT2D eigenvalue weighted by atomic mass is 9.75. The molecular weight excluding hydrogens is 198 g/mol. The zero-order valence-electron chi connectivity index (χ0n) is 10.2. The summed E-state index contributed by atoms with van der Waals surface area (Å²) in [4.78, 5) is 4.18. The number of pyridine rings is 1. The third kappa shape index (κ3) is 2.27. The van der Waals surface area contributed by atoms with E-state index in [0.717, 1.165) is 42.7 Å². The number of hydrogen-bond donors (Lipinski definition) is 1. The molecule has 1 aliphatic rings. The highest BCUT2D eigenvalue weighted by molar-refractivity contribution is 5.23. The lowest BCUT2D eigenvalue weighted by Crippen LogP contribution is -2.31. The molecule has 0 saturated heterocycles. The smallest absolute Gasteiger partial charge is 0.0911 e. The third-order valence-corrected chi connectivity index (χ3v) is 3.92. The van der Waals surface area contributed by atoms with E-state index in [-0.39, 0.29) is 0 Å². The fraction of sp³-hybridized carbons (Fsp3) is 0.643. The molecule has 2 rings (SSSR count). The van der Waals surface area contributed by atoms with Crippen molar-refractivity contribution < 1.29 is 5.11 Å². The fourth-order valence-corrected chi connectivity index (χ4v) is 2.66. The van der Waals surface area contributed by atoms with E-state index in [1.165, 1.54) is 6.42 Å². The van der Waals surface area contributed by atoms with Gasteiger partial charge in [-0.3, -0.25) is 4.98 Å². The van der Waals surface area contributed by atoms with Crippen LogP contribution in [0.2, 0.25) is 0 Å². The van der Waals surface area contributed by atoms with E-state index < -0.39 is 5.60 Å². The summed E-state index contributed by atoms with van der Waals surface area (Å²) in [6, 6.07) is 2.07. The molecule has 1 fully saturated rings. The van der Waals surface area contributed by atoms with Gasteiger partial charge in [0.05, 0.1) is 5.60 Å². The van der Waals surface area contributed by atoms with Crippen LogP contribution in [0.3, 0.4) is 0 Å². The molecule has 1 saturated carbocycles. The second-order valence-corrected chi connectivity index (χ2v) is 5.13. The normalized spacial score (nSPS) is 30.3. The van der Waals surface area contributed by atoms with Crippen molar-refractivity contribution in [3.8, 4) is 0 Å². The van der Waals surface area contributed by atoms with Gasteiger partial charge >= 0.3 is 0 Å². The second kappa shape index (κ2) is 4.54. The first-order valence-electron chi connectivity index (χ1n) is 6.28. The highest BCUT2D eigenvalue weighted by Crippen LogP contribution is 2.40. The molecule has 0 radical (unpaired) electrons. The summed E-state index contributed by atoms with van der Waals surface area (Å²) in [5.74, 6) is 0.804. The highest BCUT2D eigenvalue weighted by Gasteiger charge is 2.34. The van der Waals surface area contributed by atoms with Crippen molar-refractivity contribution in [2.45, 2.75) is 51.6 Å². The maximum Gasteiger partial charge on any atom is 0.0911 e. The molecule has 2 nitrogen and oxygen atoms in total. The van der Waals surface area contributed by atoms with Crippen LogP contribution in [0.4, 0.5) is 0 Å². The molecule has 1 N–H and O–H groups in total. The summed E-state index contributed by atoms with van der Waals surface area (Å²) >= 11 is 0.